The van der Waals surface area contributed by atoms with Crippen molar-refractivity contribution in [1.82, 2.24) is 9.80 Å². The van der Waals surface area contributed by atoms with Crippen molar-refractivity contribution < 1.29 is 4.79 Å². The SMILES string of the molecule is CCCN1CCN(C(=O)CC(N)CC(C)(C)C)CC1. The lowest BCUT2D eigenvalue weighted by atomic mass is 9.87. The molecule has 1 aliphatic heterocycles. The van der Waals surface area contributed by atoms with Crippen LogP contribution in [-0.4, -0.2) is 54.5 Å². The van der Waals surface area contributed by atoms with Gasteiger partial charge in [0.2, 0.25) is 5.91 Å². The Bertz CT molecular complexity index is 278. The normalized spacial score (nSPS) is 19.5. The van der Waals surface area contributed by atoms with Crippen molar-refractivity contribution in [3.63, 3.8) is 0 Å². The van der Waals surface area contributed by atoms with E-state index in [1.165, 1.54) is 6.42 Å². The number of rotatable bonds is 5. The third-order valence-corrected chi connectivity index (χ3v) is 3.58. The van der Waals surface area contributed by atoms with E-state index in [1.807, 2.05) is 4.90 Å². The molecule has 0 spiro atoms. The molecule has 4 nitrogen and oxygen atoms in total. The van der Waals surface area contributed by atoms with Crippen LogP contribution in [0.15, 0.2) is 0 Å². The second-order valence-corrected chi connectivity index (χ2v) is 6.95. The molecule has 0 aromatic rings. The first-order valence-corrected chi connectivity index (χ1v) is 7.57. The van der Waals surface area contributed by atoms with Crippen molar-refractivity contribution in [3.05, 3.63) is 0 Å². The van der Waals surface area contributed by atoms with Crippen LogP contribution in [0.4, 0.5) is 0 Å². The second kappa shape index (κ2) is 7.25. The van der Waals surface area contributed by atoms with Crippen molar-refractivity contribution >= 4 is 5.91 Å². The predicted octanol–water partition coefficient (Wildman–Crippen LogP) is 1.69. The molecule has 1 heterocycles. The zero-order valence-electron chi connectivity index (χ0n) is 13.1. The number of carbonyl (C=O) groups excluding carboxylic acids is 1. The van der Waals surface area contributed by atoms with Crippen molar-refractivity contribution in [1.29, 1.82) is 0 Å². The zero-order valence-corrected chi connectivity index (χ0v) is 13.1. The molecule has 2 N–H and O–H groups in total. The summed E-state index contributed by atoms with van der Waals surface area (Å²) in [5.74, 6) is 0.230. The topological polar surface area (TPSA) is 49.6 Å². The van der Waals surface area contributed by atoms with E-state index in [2.05, 4.69) is 32.6 Å². The fourth-order valence-corrected chi connectivity index (χ4v) is 2.75. The van der Waals surface area contributed by atoms with Crippen molar-refractivity contribution in [3.8, 4) is 0 Å². The number of carbonyl (C=O) groups is 1. The van der Waals surface area contributed by atoms with Gasteiger partial charge in [-0.3, -0.25) is 9.69 Å². The summed E-state index contributed by atoms with van der Waals surface area (Å²) < 4.78 is 0. The lowest BCUT2D eigenvalue weighted by Crippen LogP contribution is -2.49. The molecule has 112 valence electrons. The van der Waals surface area contributed by atoms with Gasteiger partial charge in [-0.05, 0) is 24.8 Å². The zero-order chi connectivity index (χ0) is 14.5. The molecule has 4 heteroatoms. The van der Waals surface area contributed by atoms with Crippen LogP contribution in [-0.2, 0) is 4.79 Å². The highest BCUT2D eigenvalue weighted by Gasteiger charge is 2.24. The van der Waals surface area contributed by atoms with Gasteiger partial charge in [-0.25, -0.2) is 0 Å². The highest BCUT2D eigenvalue weighted by Crippen LogP contribution is 2.21. The number of nitrogens with two attached hydrogens (primary N) is 1. The van der Waals surface area contributed by atoms with Gasteiger partial charge in [0.15, 0.2) is 0 Å². The first-order chi connectivity index (χ1) is 8.81. The van der Waals surface area contributed by atoms with Gasteiger partial charge in [0.1, 0.15) is 0 Å². The van der Waals surface area contributed by atoms with E-state index < -0.39 is 0 Å². The van der Waals surface area contributed by atoms with E-state index in [4.69, 9.17) is 5.73 Å². The van der Waals surface area contributed by atoms with E-state index >= 15 is 0 Å². The maximum atomic E-state index is 12.2. The smallest absolute Gasteiger partial charge is 0.224 e. The minimum absolute atomic E-state index is 0.0128. The average molecular weight is 269 g/mol. The largest absolute Gasteiger partial charge is 0.340 e. The molecular formula is C15H31N3O. The minimum Gasteiger partial charge on any atom is -0.340 e. The van der Waals surface area contributed by atoms with E-state index in [0.29, 0.717) is 6.42 Å². The summed E-state index contributed by atoms with van der Waals surface area (Å²) in [5, 5.41) is 0. The fraction of sp³-hybridized carbons (Fsp3) is 0.933. The Labute approximate surface area is 118 Å². The van der Waals surface area contributed by atoms with Crippen molar-refractivity contribution in [2.75, 3.05) is 32.7 Å². The molecule has 0 radical (unpaired) electrons. The lowest BCUT2D eigenvalue weighted by molar-refractivity contribution is -0.133. The van der Waals surface area contributed by atoms with Gasteiger partial charge in [0, 0.05) is 38.6 Å². The molecule has 1 fully saturated rings. The molecular weight excluding hydrogens is 238 g/mol. The fourth-order valence-electron chi connectivity index (χ4n) is 2.75. The third-order valence-electron chi connectivity index (χ3n) is 3.58. The first kappa shape index (κ1) is 16.4. The Kier molecular flexibility index (Phi) is 6.27. The minimum atomic E-state index is -0.0128. The number of hydrogen-bond acceptors (Lipinski definition) is 3. The third kappa shape index (κ3) is 6.39. The van der Waals surface area contributed by atoms with Crippen LogP contribution in [0.5, 0.6) is 0 Å². The monoisotopic (exact) mass is 269 g/mol. The van der Waals surface area contributed by atoms with Gasteiger partial charge in [-0.15, -0.1) is 0 Å². The number of hydrogen-bond donors (Lipinski definition) is 1. The molecule has 0 bridgehead atoms. The lowest BCUT2D eigenvalue weighted by Gasteiger charge is -2.35. The predicted molar refractivity (Wildman–Crippen MR) is 80.0 cm³/mol. The van der Waals surface area contributed by atoms with Crippen LogP contribution in [0.1, 0.15) is 47.0 Å². The van der Waals surface area contributed by atoms with Gasteiger partial charge >= 0.3 is 0 Å². The van der Waals surface area contributed by atoms with Crippen LogP contribution >= 0.6 is 0 Å². The van der Waals surface area contributed by atoms with E-state index in [1.54, 1.807) is 0 Å². The Balaban J connectivity index is 2.31. The second-order valence-electron chi connectivity index (χ2n) is 6.95. The highest BCUT2D eigenvalue weighted by molar-refractivity contribution is 5.76. The average Bonchev–Trinajstić information content (AvgIpc) is 2.27. The summed E-state index contributed by atoms with van der Waals surface area (Å²) >= 11 is 0. The van der Waals surface area contributed by atoms with Gasteiger partial charge in [-0.1, -0.05) is 27.7 Å². The van der Waals surface area contributed by atoms with Crippen molar-refractivity contribution in [2.24, 2.45) is 11.1 Å². The molecule has 0 aromatic carbocycles. The summed E-state index contributed by atoms with van der Waals surface area (Å²) in [5.41, 5.74) is 6.28. The Morgan fingerprint density at radius 1 is 1.21 bits per heavy atom. The van der Waals surface area contributed by atoms with Gasteiger partial charge in [0.25, 0.3) is 0 Å². The van der Waals surface area contributed by atoms with Crippen molar-refractivity contribution in [2.45, 2.75) is 53.0 Å². The van der Waals surface area contributed by atoms with Crippen LogP contribution in [0, 0.1) is 5.41 Å². The summed E-state index contributed by atoms with van der Waals surface area (Å²) in [6, 6.07) is -0.0128. The van der Waals surface area contributed by atoms with Gasteiger partial charge < -0.3 is 10.6 Å². The van der Waals surface area contributed by atoms with Gasteiger partial charge in [0.05, 0.1) is 0 Å². The maximum absolute atomic E-state index is 12.2. The summed E-state index contributed by atoms with van der Waals surface area (Å²) in [7, 11) is 0. The Morgan fingerprint density at radius 2 is 1.79 bits per heavy atom. The molecule has 1 amide bonds. The molecule has 0 aromatic heterocycles. The number of piperazine rings is 1. The van der Waals surface area contributed by atoms with Crippen LogP contribution < -0.4 is 5.73 Å². The standard InChI is InChI=1S/C15H31N3O/c1-5-6-17-7-9-18(10-8-17)14(19)11-13(16)12-15(2,3)4/h13H,5-12,16H2,1-4H3. The molecule has 1 saturated heterocycles. The number of nitrogens with zero attached hydrogens (tertiary/aromatic N) is 2. The molecule has 1 atom stereocenters. The highest BCUT2D eigenvalue weighted by atomic mass is 16.2. The van der Waals surface area contributed by atoms with Crippen LogP contribution in [0.3, 0.4) is 0 Å². The summed E-state index contributed by atoms with van der Waals surface area (Å²) in [6.45, 7) is 13.6. The maximum Gasteiger partial charge on any atom is 0.224 e. The Hall–Kier alpha value is -0.610. The molecule has 1 unspecified atom stereocenters. The van der Waals surface area contributed by atoms with Gasteiger partial charge in [-0.2, -0.15) is 0 Å². The van der Waals surface area contributed by atoms with Crippen LogP contribution in [0.25, 0.3) is 0 Å². The molecule has 0 saturated carbocycles. The van der Waals surface area contributed by atoms with Crippen LogP contribution in [0.2, 0.25) is 0 Å². The molecule has 1 rings (SSSR count). The molecule has 19 heavy (non-hydrogen) atoms. The Morgan fingerprint density at radius 3 is 2.26 bits per heavy atom. The summed E-state index contributed by atoms with van der Waals surface area (Å²) in [6.07, 6.45) is 2.57. The quantitative estimate of drug-likeness (QED) is 0.826. The first-order valence-electron chi connectivity index (χ1n) is 7.57. The van der Waals surface area contributed by atoms with E-state index in [0.717, 1.165) is 39.1 Å². The summed E-state index contributed by atoms with van der Waals surface area (Å²) in [4.78, 5) is 16.6. The van der Waals surface area contributed by atoms with E-state index in [-0.39, 0.29) is 17.4 Å². The molecule has 0 aliphatic carbocycles. The number of amides is 1. The van der Waals surface area contributed by atoms with E-state index in [9.17, 15) is 4.79 Å². The molecule has 1 aliphatic rings.